The third-order valence-corrected chi connectivity index (χ3v) is 6.26. The molecule has 0 saturated heterocycles. The number of unbranched alkanes of at least 4 members (excludes halogenated alkanes) is 1. The van der Waals surface area contributed by atoms with E-state index < -0.39 is 5.97 Å². The Hall–Kier alpha value is -3.74. The summed E-state index contributed by atoms with van der Waals surface area (Å²) in [4.78, 5) is 43.4. The van der Waals surface area contributed by atoms with Crippen LogP contribution < -0.4 is 5.32 Å². The molecule has 0 fully saturated rings. The summed E-state index contributed by atoms with van der Waals surface area (Å²) < 4.78 is 0. The van der Waals surface area contributed by atoms with E-state index in [9.17, 15) is 14.4 Å². The fourth-order valence-corrected chi connectivity index (χ4v) is 4.78. The van der Waals surface area contributed by atoms with Gasteiger partial charge in [-0.15, -0.1) is 0 Å². The number of aromatic amines is 1. The lowest BCUT2D eigenvalue weighted by molar-refractivity contribution is -0.137. The number of anilines is 1. The van der Waals surface area contributed by atoms with E-state index >= 15 is 0 Å². The molecule has 1 aromatic carbocycles. The van der Waals surface area contributed by atoms with Gasteiger partial charge in [0.1, 0.15) is 5.82 Å². The fraction of sp³-hybridized carbons (Fsp3) is 0.333. The van der Waals surface area contributed by atoms with Crippen molar-refractivity contribution < 1.29 is 19.5 Å². The molecule has 2 aromatic heterocycles. The monoisotopic (exact) mass is 459 g/mol. The van der Waals surface area contributed by atoms with Crippen molar-refractivity contribution in [3.05, 3.63) is 71.0 Å². The number of nitrogens with zero attached hydrogens (tertiary/aromatic N) is 1. The number of carboxylic acid groups (broad SMARTS) is 1. The van der Waals surface area contributed by atoms with E-state index in [0.29, 0.717) is 25.1 Å². The third kappa shape index (κ3) is 5.60. The minimum absolute atomic E-state index is 0.133. The van der Waals surface area contributed by atoms with E-state index in [0.717, 1.165) is 52.9 Å². The summed E-state index contributed by atoms with van der Waals surface area (Å²) in [7, 11) is 0. The Kier molecular flexibility index (Phi) is 7.21. The molecule has 0 spiro atoms. The standard InChI is InChI=1S/C27H29N3O4/c1-17(31)29-24-16-20(11-12-28-24)27-21(13-18-7-3-2-4-8-18)26-22(30-27)14-19(15-23(26)32)9-5-6-10-25(33)34/h2-4,7-8,11-12,16,19,30H,5-6,9-10,13-15H2,1H3,(H,33,34)(H,28,29,31). The summed E-state index contributed by atoms with van der Waals surface area (Å²) in [6, 6.07) is 13.8. The average Bonchev–Trinajstić information content (AvgIpc) is 3.16. The second-order valence-corrected chi connectivity index (χ2v) is 8.94. The highest BCUT2D eigenvalue weighted by Gasteiger charge is 2.31. The smallest absolute Gasteiger partial charge is 0.303 e. The summed E-state index contributed by atoms with van der Waals surface area (Å²) in [6.45, 7) is 1.44. The van der Waals surface area contributed by atoms with Gasteiger partial charge in [-0.1, -0.05) is 36.8 Å². The minimum Gasteiger partial charge on any atom is -0.481 e. The summed E-state index contributed by atoms with van der Waals surface area (Å²) in [5, 5.41) is 11.6. The van der Waals surface area contributed by atoms with Gasteiger partial charge in [-0.2, -0.15) is 0 Å². The number of rotatable bonds is 9. The number of carboxylic acids is 1. The van der Waals surface area contributed by atoms with E-state index in [-0.39, 0.29) is 24.0 Å². The van der Waals surface area contributed by atoms with Gasteiger partial charge in [0.15, 0.2) is 5.78 Å². The number of Topliss-reactive ketones (excluding diaryl/α,β-unsaturated/α-hetero) is 1. The Morgan fingerprint density at radius 2 is 1.94 bits per heavy atom. The first-order valence-corrected chi connectivity index (χ1v) is 11.7. The molecule has 0 bridgehead atoms. The zero-order valence-corrected chi connectivity index (χ0v) is 19.3. The molecule has 4 rings (SSSR count). The molecule has 7 nitrogen and oxygen atoms in total. The van der Waals surface area contributed by atoms with Gasteiger partial charge >= 0.3 is 5.97 Å². The van der Waals surface area contributed by atoms with E-state index in [1.807, 2.05) is 30.3 Å². The van der Waals surface area contributed by atoms with Gasteiger partial charge in [-0.05, 0) is 48.4 Å². The van der Waals surface area contributed by atoms with Gasteiger partial charge in [-0.25, -0.2) is 4.98 Å². The van der Waals surface area contributed by atoms with Gasteiger partial charge in [0, 0.05) is 49.2 Å². The number of hydrogen-bond donors (Lipinski definition) is 3. The third-order valence-electron chi connectivity index (χ3n) is 6.26. The number of carbonyl (C=O) groups excluding carboxylic acids is 2. The molecular weight excluding hydrogens is 430 g/mol. The number of fused-ring (bicyclic) bond motifs is 1. The van der Waals surface area contributed by atoms with Crippen molar-refractivity contribution in [1.29, 1.82) is 0 Å². The molecule has 176 valence electrons. The predicted molar refractivity (Wildman–Crippen MR) is 130 cm³/mol. The molecule has 3 aromatic rings. The second kappa shape index (κ2) is 10.5. The number of amides is 1. The Labute approximate surface area is 198 Å². The highest BCUT2D eigenvalue weighted by atomic mass is 16.4. The van der Waals surface area contributed by atoms with Crippen LogP contribution in [-0.4, -0.2) is 32.7 Å². The number of ketones is 1. The maximum absolute atomic E-state index is 13.3. The van der Waals surface area contributed by atoms with Crippen LogP contribution in [0.4, 0.5) is 5.82 Å². The lowest BCUT2D eigenvalue weighted by atomic mass is 9.81. The molecule has 1 atom stereocenters. The summed E-state index contributed by atoms with van der Waals surface area (Å²) in [6.07, 6.45) is 5.95. The molecule has 1 aliphatic carbocycles. The maximum atomic E-state index is 13.3. The highest BCUT2D eigenvalue weighted by molar-refractivity contribution is 6.02. The van der Waals surface area contributed by atoms with Crippen molar-refractivity contribution in [1.82, 2.24) is 9.97 Å². The summed E-state index contributed by atoms with van der Waals surface area (Å²) in [5.74, 6) is -0.171. The zero-order valence-electron chi connectivity index (χ0n) is 19.3. The normalized spacial score (nSPS) is 15.1. The quantitative estimate of drug-likeness (QED) is 0.389. The highest BCUT2D eigenvalue weighted by Crippen LogP contribution is 2.37. The second-order valence-electron chi connectivity index (χ2n) is 8.94. The van der Waals surface area contributed by atoms with E-state index in [4.69, 9.17) is 5.11 Å². The van der Waals surface area contributed by atoms with Crippen LogP contribution in [0, 0.1) is 5.92 Å². The number of aromatic nitrogens is 2. The van der Waals surface area contributed by atoms with Crippen molar-refractivity contribution in [2.24, 2.45) is 5.92 Å². The van der Waals surface area contributed by atoms with Gasteiger partial charge in [0.2, 0.25) is 5.91 Å². The Balaban J connectivity index is 1.67. The summed E-state index contributed by atoms with van der Waals surface area (Å²) in [5.41, 5.74) is 5.55. The van der Waals surface area contributed by atoms with Crippen molar-refractivity contribution in [2.75, 3.05) is 5.32 Å². The first kappa shape index (κ1) is 23.4. The van der Waals surface area contributed by atoms with Crippen LogP contribution in [0.15, 0.2) is 48.7 Å². The SMILES string of the molecule is CC(=O)Nc1cc(-c2[nH]c3c(c2Cc2ccccc2)C(=O)CC(CCCCC(=O)O)C3)ccn1. The number of H-pyrrole nitrogens is 1. The first-order valence-electron chi connectivity index (χ1n) is 11.7. The molecule has 0 radical (unpaired) electrons. The maximum Gasteiger partial charge on any atom is 0.303 e. The molecule has 1 amide bonds. The number of pyridine rings is 1. The molecule has 1 unspecified atom stereocenters. The predicted octanol–water partition coefficient (Wildman–Crippen LogP) is 5.02. The van der Waals surface area contributed by atoms with E-state index in [1.54, 1.807) is 6.20 Å². The Bertz CT molecular complexity index is 1200. The molecule has 34 heavy (non-hydrogen) atoms. The van der Waals surface area contributed by atoms with Gasteiger partial charge in [0.25, 0.3) is 0 Å². The Morgan fingerprint density at radius 3 is 2.68 bits per heavy atom. The number of hydrogen-bond acceptors (Lipinski definition) is 4. The van der Waals surface area contributed by atoms with Crippen LogP contribution in [0.3, 0.4) is 0 Å². The van der Waals surface area contributed by atoms with Gasteiger partial charge in [0.05, 0.1) is 5.69 Å². The number of benzene rings is 1. The zero-order chi connectivity index (χ0) is 24.1. The van der Waals surface area contributed by atoms with Crippen molar-refractivity contribution in [3.63, 3.8) is 0 Å². The average molecular weight is 460 g/mol. The van der Waals surface area contributed by atoms with Crippen LogP contribution in [-0.2, 0) is 22.4 Å². The minimum atomic E-state index is -0.780. The lowest BCUT2D eigenvalue weighted by Crippen LogP contribution is -2.20. The van der Waals surface area contributed by atoms with Crippen molar-refractivity contribution >= 4 is 23.5 Å². The Morgan fingerprint density at radius 1 is 1.15 bits per heavy atom. The molecule has 1 aliphatic rings. The largest absolute Gasteiger partial charge is 0.481 e. The number of nitrogens with one attached hydrogen (secondary N) is 2. The molecule has 7 heteroatoms. The van der Waals surface area contributed by atoms with E-state index in [1.165, 1.54) is 6.92 Å². The van der Waals surface area contributed by atoms with Gasteiger partial charge in [-0.3, -0.25) is 14.4 Å². The molecule has 3 N–H and O–H groups in total. The fourth-order valence-electron chi connectivity index (χ4n) is 4.78. The number of carbonyl (C=O) groups is 3. The molecular formula is C27H29N3O4. The van der Waals surface area contributed by atoms with Crippen molar-refractivity contribution in [3.8, 4) is 11.3 Å². The van der Waals surface area contributed by atoms with Crippen LogP contribution in [0.2, 0.25) is 0 Å². The van der Waals surface area contributed by atoms with Crippen LogP contribution in [0.1, 0.15) is 66.2 Å². The lowest BCUT2D eigenvalue weighted by Gasteiger charge is -2.22. The van der Waals surface area contributed by atoms with Crippen molar-refractivity contribution in [2.45, 2.75) is 51.9 Å². The van der Waals surface area contributed by atoms with Crippen LogP contribution in [0.25, 0.3) is 11.3 Å². The number of aliphatic carboxylic acids is 1. The van der Waals surface area contributed by atoms with E-state index in [2.05, 4.69) is 27.4 Å². The van der Waals surface area contributed by atoms with Crippen LogP contribution in [0.5, 0.6) is 0 Å². The summed E-state index contributed by atoms with van der Waals surface area (Å²) >= 11 is 0. The first-order chi connectivity index (χ1) is 16.4. The molecule has 0 aliphatic heterocycles. The molecule has 2 heterocycles. The van der Waals surface area contributed by atoms with Crippen LogP contribution >= 0.6 is 0 Å². The molecule has 0 saturated carbocycles. The van der Waals surface area contributed by atoms with Gasteiger partial charge < -0.3 is 15.4 Å². The topological polar surface area (TPSA) is 112 Å².